The van der Waals surface area contributed by atoms with Crippen LogP contribution in [0.1, 0.15) is 52.5 Å². The van der Waals surface area contributed by atoms with Gasteiger partial charge in [-0.2, -0.15) is 0 Å². The monoisotopic (exact) mass is 415 g/mol. The maximum Gasteiger partial charge on any atom is 0.329 e. The first-order chi connectivity index (χ1) is 14.3. The van der Waals surface area contributed by atoms with Gasteiger partial charge < -0.3 is 20.4 Å². The molecule has 0 aliphatic carbocycles. The van der Waals surface area contributed by atoms with E-state index >= 15 is 0 Å². The summed E-state index contributed by atoms with van der Waals surface area (Å²) in [6.45, 7) is 7.27. The molecule has 0 fully saturated rings. The van der Waals surface area contributed by atoms with E-state index in [-0.39, 0.29) is 30.9 Å². The lowest BCUT2D eigenvalue weighted by Gasteiger charge is -2.18. The van der Waals surface area contributed by atoms with Gasteiger partial charge >= 0.3 is 5.97 Å². The van der Waals surface area contributed by atoms with Crippen LogP contribution in [0.4, 0.5) is 0 Å². The number of carbonyl (C=O) groups is 3. The van der Waals surface area contributed by atoms with Crippen LogP contribution in [0.15, 0.2) is 30.5 Å². The molecule has 3 N–H and O–H groups in total. The highest BCUT2D eigenvalue weighted by Crippen LogP contribution is 2.19. The Morgan fingerprint density at radius 1 is 1.07 bits per heavy atom. The fourth-order valence-corrected chi connectivity index (χ4v) is 3.42. The molecule has 1 unspecified atom stereocenters. The van der Waals surface area contributed by atoms with Gasteiger partial charge in [-0.25, -0.2) is 4.79 Å². The van der Waals surface area contributed by atoms with Crippen LogP contribution < -0.4 is 10.6 Å². The van der Waals surface area contributed by atoms with Gasteiger partial charge in [0.2, 0.25) is 5.91 Å². The van der Waals surface area contributed by atoms with Crippen LogP contribution in [0, 0.1) is 5.92 Å². The molecular weight excluding hydrogens is 382 g/mol. The Bertz CT molecular complexity index is 859. The number of hydrogen-bond donors (Lipinski definition) is 3. The second-order valence-corrected chi connectivity index (χ2v) is 8.22. The lowest BCUT2D eigenvalue weighted by molar-refractivity contribution is -0.151. The van der Waals surface area contributed by atoms with Gasteiger partial charge in [-0.05, 0) is 30.9 Å². The number of benzene rings is 1. The fourth-order valence-electron chi connectivity index (χ4n) is 3.42. The zero-order valence-electron chi connectivity index (χ0n) is 18.3. The summed E-state index contributed by atoms with van der Waals surface area (Å²) in [5.41, 5.74) is 1.85. The number of aromatic amines is 1. The van der Waals surface area contributed by atoms with Gasteiger partial charge in [-0.1, -0.05) is 44.9 Å². The minimum atomic E-state index is -0.863. The number of nitrogens with one attached hydrogen (secondary N) is 3. The first kappa shape index (κ1) is 23.4. The molecular formula is C23H33N3O4. The van der Waals surface area contributed by atoms with E-state index < -0.39 is 12.0 Å². The summed E-state index contributed by atoms with van der Waals surface area (Å²) in [5.74, 6) is -0.663. The normalized spacial score (nSPS) is 13.1. The summed E-state index contributed by atoms with van der Waals surface area (Å²) >= 11 is 0. The van der Waals surface area contributed by atoms with Crippen molar-refractivity contribution in [2.24, 2.45) is 5.92 Å². The van der Waals surface area contributed by atoms with Crippen molar-refractivity contribution in [1.29, 1.82) is 0 Å². The summed E-state index contributed by atoms with van der Waals surface area (Å²) in [5, 5.41) is 6.46. The zero-order valence-corrected chi connectivity index (χ0v) is 18.3. The highest BCUT2D eigenvalue weighted by molar-refractivity contribution is 5.88. The first-order valence-electron chi connectivity index (χ1n) is 10.5. The summed E-state index contributed by atoms with van der Waals surface area (Å²) in [6, 6.07) is 6.89. The van der Waals surface area contributed by atoms with Gasteiger partial charge in [0, 0.05) is 36.5 Å². The lowest BCUT2D eigenvalue weighted by Crippen LogP contribution is -2.44. The molecule has 2 aromatic rings. The Kier molecular flexibility index (Phi) is 8.89. The minimum absolute atomic E-state index is 0.0207. The molecule has 0 saturated heterocycles. The first-order valence-corrected chi connectivity index (χ1v) is 10.5. The Morgan fingerprint density at radius 2 is 1.80 bits per heavy atom. The average molecular weight is 416 g/mol. The van der Waals surface area contributed by atoms with Crippen LogP contribution in [0.5, 0.6) is 0 Å². The fraction of sp³-hybridized carbons (Fsp3) is 0.522. The standard InChI is InChI=1S/C23H33N3O4/c1-15(2)8-7-9-16(3)25-22(28)14-30-23(29)21(26-17(4)27)12-18-13-24-20-11-6-5-10-19(18)20/h5-6,10-11,13,15-16,21,24H,7-9,12,14H2,1-4H3,(H,25,28)(H,26,27)/t16?,21-/m0/s1. The number of para-hydroxylation sites is 1. The average Bonchev–Trinajstić information content (AvgIpc) is 3.08. The zero-order chi connectivity index (χ0) is 22.1. The molecule has 0 spiro atoms. The van der Waals surface area contributed by atoms with Crippen molar-refractivity contribution in [3.05, 3.63) is 36.0 Å². The van der Waals surface area contributed by atoms with E-state index in [1.165, 1.54) is 6.92 Å². The Balaban J connectivity index is 1.89. The third kappa shape index (κ3) is 7.54. The summed E-state index contributed by atoms with van der Waals surface area (Å²) in [7, 11) is 0. The highest BCUT2D eigenvalue weighted by atomic mass is 16.5. The van der Waals surface area contributed by atoms with Gasteiger partial charge in [0.1, 0.15) is 6.04 Å². The Hall–Kier alpha value is -2.83. The maximum absolute atomic E-state index is 12.6. The number of esters is 1. The van der Waals surface area contributed by atoms with E-state index in [0.717, 1.165) is 35.7 Å². The summed E-state index contributed by atoms with van der Waals surface area (Å²) < 4.78 is 5.20. The molecule has 2 amide bonds. The van der Waals surface area contributed by atoms with Crippen molar-refractivity contribution < 1.29 is 19.1 Å². The van der Waals surface area contributed by atoms with Crippen molar-refractivity contribution in [3.8, 4) is 0 Å². The number of aromatic nitrogens is 1. The highest BCUT2D eigenvalue weighted by Gasteiger charge is 2.24. The molecule has 0 saturated carbocycles. The predicted molar refractivity (Wildman–Crippen MR) is 117 cm³/mol. The van der Waals surface area contributed by atoms with E-state index in [4.69, 9.17) is 4.74 Å². The summed E-state index contributed by atoms with van der Waals surface area (Å²) in [6.07, 6.45) is 5.12. The van der Waals surface area contributed by atoms with Gasteiger partial charge in [0.25, 0.3) is 5.91 Å². The van der Waals surface area contributed by atoms with Crippen molar-refractivity contribution in [2.75, 3.05) is 6.61 Å². The van der Waals surface area contributed by atoms with E-state index in [1.54, 1.807) is 0 Å². The number of amides is 2. The largest absolute Gasteiger partial charge is 0.454 e. The van der Waals surface area contributed by atoms with Crippen LogP contribution in [0.3, 0.4) is 0 Å². The van der Waals surface area contributed by atoms with Crippen LogP contribution in [-0.4, -0.2) is 41.5 Å². The minimum Gasteiger partial charge on any atom is -0.454 e. The van der Waals surface area contributed by atoms with Crippen molar-refractivity contribution >= 4 is 28.7 Å². The molecule has 30 heavy (non-hydrogen) atoms. The molecule has 2 rings (SSSR count). The van der Waals surface area contributed by atoms with Gasteiger partial charge in [0.15, 0.2) is 6.61 Å². The van der Waals surface area contributed by atoms with Crippen LogP contribution in [0.2, 0.25) is 0 Å². The van der Waals surface area contributed by atoms with E-state index in [2.05, 4.69) is 29.5 Å². The van der Waals surface area contributed by atoms with Crippen LogP contribution in [0.25, 0.3) is 10.9 Å². The second-order valence-electron chi connectivity index (χ2n) is 8.22. The predicted octanol–water partition coefficient (Wildman–Crippen LogP) is 3.09. The van der Waals surface area contributed by atoms with Crippen molar-refractivity contribution in [2.45, 2.75) is 65.5 Å². The van der Waals surface area contributed by atoms with Crippen LogP contribution >= 0.6 is 0 Å². The van der Waals surface area contributed by atoms with Gasteiger partial charge in [0.05, 0.1) is 0 Å². The number of hydrogen-bond acceptors (Lipinski definition) is 4. The topological polar surface area (TPSA) is 100 Å². The molecule has 1 heterocycles. The number of fused-ring (bicyclic) bond motifs is 1. The third-order valence-electron chi connectivity index (χ3n) is 4.93. The van der Waals surface area contributed by atoms with Crippen molar-refractivity contribution in [3.63, 3.8) is 0 Å². The number of ether oxygens (including phenoxy) is 1. The van der Waals surface area contributed by atoms with Crippen LogP contribution in [-0.2, 0) is 25.5 Å². The maximum atomic E-state index is 12.6. The molecule has 0 radical (unpaired) electrons. The number of rotatable bonds is 11. The van der Waals surface area contributed by atoms with Crippen molar-refractivity contribution in [1.82, 2.24) is 15.6 Å². The summed E-state index contributed by atoms with van der Waals surface area (Å²) in [4.78, 5) is 39.4. The molecule has 0 aliphatic heterocycles. The lowest BCUT2D eigenvalue weighted by atomic mass is 10.0. The number of H-pyrrole nitrogens is 1. The molecule has 0 aliphatic rings. The molecule has 2 atom stereocenters. The van der Waals surface area contributed by atoms with E-state index in [9.17, 15) is 14.4 Å². The SMILES string of the molecule is CC(=O)N[C@@H](Cc1c[nH]c2ccccc12)C(=O)OCC(=O)NC(C)CCCC(C)C. The molecule has 7 nitrogen and oxygen atoms in total. The molecule has 7 heteroatoms. The quantitative estimate of drug-likeness (QED) is 0.491. The molecule has 0 bridgehead atoms. The second kappa shape index (κ2) is 11.4. The third-order valence-corrected chi connectivity index (χ3v) is 4.93. The smallest absolute Gasteiger partial charge is 0.329 e. The Morgan fingerprint density at radius 3 is 2.50 bits per heavy atom. The van der Waals surface area contributed by atoms with E-state index in [1.807, 2.05) is 37.4 Å². The Labute approximate surface area is 177 Å². The molecule has 164 valence electrons. The molecule has 1 aromatic heterocycles. The van der Waals surface area contributed by atoms with Gasteiger partial charge in [-0.15, -0.1) is 0 Å². The number of carbonyl (C=O) groups excluding carboxylic acids is 3. The van der Waals surface area contributed by atoms with Gasteiger partial charge in [-0.3, -0.25) is 9.59 Å². The molecule has 1 aromatic carbocycles. The van der Waals surface area contributed by atoms with E-state index in [0.29, 0.717) is 5.92 Å².